The van der Waals surface area contributed by atoms with E-state index >= 15 is 0 Å². The fourth-order valence-electron chi connectivity index (χ4n) is 5.07. The van der Waals surface area contributed by atoms with Crippen LogP contribution in [0.5, 0.6) is 5.75 Å². The number of benzene rings is 2. The molecular weight excluding hydrogens is 446 g/mol. The van der Waals surface area contributed by atoms with E-state index in [1.54, 1.807) is 23.1 Å². The van der Waals surface area contributed by atoms with Gasteiger partial charge in [0.15, 0.2) is 11.9 Å². The van der Waals surface area contributed by atoms with Gasteiger partial charge in [0, 0.05) is 24.3 Å². The molecule has 178 valence electrons. The zero-order valence-corrected chi connectivity index (χ0v) is 19.3. The molecular formula is C26H25N5O4. The largest absolute Gasteiger partial charge is 0.497 e. The van der Waals surface area contributed by atoms with Crippen molar-refractivity contribution < 1.29 is 19.4 Å². The molecule has 0 bridgehead atoms. The molecule has 1 aromatic heterocycles. The van der Waals surface area contributed by atoms with Gasteiger partial charge in [-0.15, -0.1) is 0 Å². The fraction of sp³-hybridized carbons (Fsp3) is 0.308. The van der Waals surface area contributed by atoms with Gasteiger partial charge in [0.25, 0.3) is 0 Å². The lowest BCUT2D eigenvalue weighted by atomic mass is 9.98. The average molecular weight is 472 g/mol. The predicted octanol–water partition coefficient (Wildman–Crippen LogP) is 3.14. The number of fused-ring (bicyclic) bond motifs is 1. The molecule has 0 radical (unpaired) electrons. The Morgan fingerprint density at radius 2 is 1.97 bits per heavy atom. The van der Waals surface area contributed by atoms with E-state index in [0.717, 1.165) is 34.5 Å². The standard InChI is InChI=1S/C26H25N5O4/c1-35-18-9-7-17(8-10-18)15-31-24(26(33)34)21(14-28-31)19-4-2-5-22-20(19)11-13-30(22)25(32)23-6-3-12-29(23)16-27/h2,4-5,7-10,14,23H,3,6,11-13,15H2,1H3,(H,33,34)/t23-/m0/s1. The molecule has 0 unspecified atom stereocenters. The van der Waals surface area contributed by atoms with Crippen LogP contribution in [0.4, 0.5) is 5.69 Å². The van der Waals surface area contributed by atoms with Gasteiger partial charge in [-0.3, -0.25) is 14.4 Å². The van der Waals surface area contributed by atoms with Crippen LogP contribution in [0.15, 0.2) is 48.7 Å². The third-order valence-corrected chi connectivity index (χ3v) is 6.78. The van der Waals surface area contributed by atoms with Gasteiger partial charge in [-0.05, 0) is 54.2 Å². The van der Waals surface area contributed by atoms with E-state index in [9.17, 15) is 20.0 Å². The van der Waals surface area contributed by atoms with Crippen LogP contribution in [0.25, 0.3) is 11.1 Å². The summed E-state index contributed by atoms with van der Waals surface area (Å²) >= 11 is 0. The van der Waals surface area contributed by atoms with E-state index < -0.39 is 12.0 Å². The van der Waals surface area contributed by atoms with E-state index in [1.807, 2.05) is 42.5 Å². The molecule has 1 N–H and O–H groups in total. The van der Waals surface area contributed by atoms with Crippen molar-refractivity contribution in [1.29, 1.82) is 5.26 Å². The number of nitriles is 1. The zero-order valence-electron chi connectivity index (χ0n) is 19.3. The van der Waals surface area contributed by atoms with Crippen molar-refractivity contribution in [1.82, 2.24) is 14.7 Å². The lowest BCUT2D eigenvalue weighted by molar-refractivity contribution is -0.121. The van der Waals surface area contributed by atoms with E-state index in [1.165, 1.54) is 4.68 Å². The fourth-order valence-corrected chi connectivity index (χ4v) is 5.07. The number of aromatic nitrogens is 2. The summed E-state index contributed by atoms with van der Waals surface area (Å²) in [5, 5.41) is 23.8. The molecule has 1 saturated heterocycles. The van der Waals surface area contributed by atoms with Gasteiger partial charge < -0.3 is 14.7 Å². The lowest BCUT2D eigenvalue weighted by Gasteiger charge is -2.25. The van der Waals surface area contributed by atoms with Gasteiger partial charge in [0.1, 0.15) is 11.8 Å². The summed E-state index contributed by atoms with van der Waals surface area (Å²) in [6.07, 6.45) is 5.81. The highest BCUT2D eigenvalue weighted by Gasteiger charge is 2.37. The van der Waals surface area contributed by atoms with Gasteiger partial charge in [-0.25, -0.2) is 4.79 Å². The Balaban J connectivity index is 1.48. The number of likely N-dealkylation sites (tertiary alicyclic amines) is 1. The molecule has 3 heterocycles. The maximum atomic E-state index is 13.3. The van der Waals surface area contributed by atoms with Crippen molar-refractivity contribution in [3.8, 4) is 23.1 Å². The Bertz CT molecular complexity index is 1320. The number of hydrogen-bond donors (Lipinski definition) is 1. The first-order chi connectivity index (χ1) is 17.0. The Morgan fingerprint density at radius 3 is 2.69 bits per heavy atom. The molecule has 2 aliphatic rings. The lowest BCUT2D eigenvalue weighted by Crippen LogP contribution is -2.43. The molecule has 0 spiro atoms. The molecule has 9 nitrogen and oxygen atoms in total. The summed E-state index contributed by atoms with van der Waals surface area (Å²) in [5.74, 6) is -0.415. The van der Waals surface area contributed by atoms with Crippen molar-refractivity contribution in [2.75, 3.05) is 25.1 Å². The summed E-state index contributed by atoms with van der Waals surface area (Å²) in [6.45, 7) is 1.41. The summed E-state index contributed by atoms with van der Waals surface area (Å²) in [4.78, 5) is 28.9. The van der Waals surface area contributed by atoms with Gasteiger partial charge in [-0.1, -0.05) is 24.3 Å². The van der Waals surface area contributed by atoms with Crippen LogP contribution in [0.2, 0.25) is 0 Å². The molecule has 1 amide bonds. The van der Waals surface area contributed by atoms with Crippen molar-refractivity contribution >= 4 is 17.6 Å². The van der Waals surface area contributed by atoms with Crippen LogP contribution >= 0.6 is 0 Å². The van der Waals surface area contributed by atoms with Crippen LogP contribution in [0, 0.1) is 11.5 Å². The van der Waals surface area contributed by atoms with Crippen LogP contribution < -0.4 is 9.64 Å². The predicted molar refractivity (Wildman–Crippen MR) is 128 cm³/mol. The number of amides is 1. The molecule has 5 rings (SSSR count). The minimum atomic E-state index is -1.06. The molecule has 2 aliphatic heterocycles. The maximum absolute atomic E-state index is 13.3. The molecule has 9 heteroatoms. The number of nitrogens with zero attached hydrogens (tertiary/aromatic N) is 5. The number of aromatic carboxylic acids is 1. The van der Waals surface area contributed by atoms with Gasteiger partial charge in [-0.2, -0.15) is 10.4 Å². The number of methoxy groups -OCH3 is 1. The number of carbonyl (C=O) groups excluding carboxylic acids is 1. The second-order valence-electron chi connectivity index (χ2n) is 8.71. The number of carboxylic acid groups (broad SMARTS) is 1. The summed E-state index contributed by atoms with van der Waals surface area (Å²) in [5.41, 5.74) is 3.99. The SMILES string of the molecule is COc1ccc(Cn2ncc(-c3cccc4c3CCN4C(=O)[C@@H]3CCCN3C#N)c2C(=O)O)cc1. The maximum Gasteiger partial charge on any atom is 0.354 e. The summed E-state index contributed by atoms with van der Waals surface area (Å²) in [6, 6.07) is 12.6. The quantitative estimate of drug-likeness (QED) is 0.550. The summed E-state index contributed by atoms with van der Waals surface area (Å²) < 4.78 is 6.68. The number of carbonyl (C=O) groups is 2. The monoisotopic (exact) mass is 471 g/mol. The topological polar surface area (TPSA) is 112 Å². The number of rotatable bonds is 6. The molecule has 1 atom stereocenters. The molecule has 2 aromatic carbocycles. The Morgan fingerprint density at radius 1 is 1.17 bits per heavy atom. The van der Waals surface area contributed by atoms with Crippen molar-refractivity contribution in [2.45, 2.75) is 31.8 Å². The Hall–Kier alpha value is -4.32. The Labute approximate surface area is 202 Å². The number of anilines is 1. The molecule has 0 saturated carbocycles. The van der Waals surface area contributed by atoms with Gasteiger partial charge in [0.05, 0.1) is 19.9 Å². The van der Waals surface area contributed by atoms with Crippen molar-refractivity contribution in [3.05, 3.63) is 65.5 Å². The van der Waals surface area contributed by atoms with Crippen LogP contribution in [0.1, 0.15) is 34.5 Å². The summed E-state index contributed by atoms with van der Waals surface area (Å²) in [7, 11) is 1.59. The second-order valence-corrected chi connectivity index (χ2v) is 8.71. The normalized spacial score (nSPS) is 16.7. The number of ether oxygens (including phenoxy) is 1. The van der Waals surface area contributed by atoms with Crippen molar-refractivity contribution in [3.63, 3.8) is 0 Å². The smallest absolute Gasteiger partial charge is 0.354 e. The first-order valence-electron chi connectivity index (χ1n) is 11.5. The highest BCUT2D eigenvalue weighted by Crippen LogP contribution is 2.38. The van der Waals surface area contributed by atoms with Gasteiger partial charge >= 0.3 is 5.97 Å². The molecule has 1 fully saturated rings. The van der Waals surface area contributed by atoms with Crippen LogP contribution in [-0.2, 0) is 17.8 Å². The van der Waals surface area contributed by atoms with Gasteiger partial charge in [0.2, 0.25) is 5.91 Å². The second kappa shape index (κ2) is 9.14. The van der Waals surface area contributed by atoms with E-state index in [2.05, 4.69) is 11.3 Å². The Kier molecular flexibility index (Phi) is 5.87. The third kappa shape index (κ3) is 3.97. The average Bonchev–Trinajstić information content (AvgIpc) is 3.61. The minimum absolute atomic E-state index is 0.0754. The van der Waals surface area contributed by atoms with E-state index in [0.29, 0.717) is 38.0 Å². The molecule has 3 aromatic rings. The van der Waals surface area contributed by atoms with Crippen LogP contribution in [-0.4, -0.2) is 57.9 Å². The van der Waals surface area contributed by atoms with E-state index in [4.69, 9.17) is 4.74 Å². The molecule has 0 aliphatic carbocycles. The van der Waals surface area contributed by atoms with Crippen molar-refractivity contribution in [2.24, 2.45) is 0 Å². The first kappa shape index (κ1) is 22.5. The number of carboxylic acids is 1. The molecule has 35 heavy (non-hydrogen) atoms. The zero-order chi connectivity index (χ0) is 24.5. The minimum Gasteiger partial charge on any atom is -0.497 e. The van der Waals surface area contributed by atoms with E-state index in [-0.39, 0.29) is 11.6 Å². The highest BCUT2D eigenvalue weighted by atomic mass is 16.5. The van der Waals surface area contributed by atoms with Crippen LogP contribution in [0.3, 0.4) is 0 Å². The highest BCUT2D eigenvalue weighted by molar-refractivity contribution is 6.01. The number of hydrogen-bond acceptors (Lipinski definition) is 6. The third-order valence-electron chi connectivity index (χ3n) is 6.78. The first-order valence-corrected chi connectivity index (χ1v) is 11.5.